The van der Waals surface area contributed by atoms with Gasteiger partial charge in [0.1, 0.15) is 5.75 Å². The third-order valence-corrected chi connectivity index (χ3v) is 4.06. The average Bonchev–Trinajstić information content (AvgIpc) is 2.69. The van der Waals surface area contributed by atoms with Gasteiger partial charge in [-0.05, 0) is 30.7 Å². The lowest BCUT2D eigenvalue weighted by atomic mass is 10.1. The number of rotatable bonds is 5. The normalized spacial score (nSPS) is 10.5. The van der Waals surface area contributed by atoms with E-state index < -0.39 is 11.8 Å². The standard InChI is InChI=1S/C20H20N4O4/c1-13-6-5-7-14(10-13)28-12-19(26)22-21-18(25)11-17-15-8-3-4-9-16(15)20(27)24(2)23-17/h3-10H,11-12H2,1-2H3,(H,21,25)(H,22,26). The molecule has 8 nitrogen and oxygen atoms in total. The summed E-state index contributed by atoms with van der Waals surface area (Å²) in [5.74, 6) is -0.379. The number of hydrazine groups is 1. The Morgan fingerprint density at radius 3 is 2.50 bits per heavy atom. The van der Waals surface area contributed by atoms with E-state index in [-0.39, 0.29) is 18.6 Å². The molecule has 2 aromatic carbocycles. The molecule has 3 rings (SSSR count). The molecule has 0 aliphatic rings. The second kappa shape index (κ2) is 8.34. The molecule has 0 saturated heterocycles. The number of hydrogen-bond acceptors (Lipinski definition) is 5. The lowest BCUT2D eigenvalue weighted by molar-refractivity contribution is -0.129. The predicted octanol–water partition coefficient (Wildman–Crippen LogP) is 1.01. The molecule has 0 spiro atoms. The quantitative estimate of drug-likeness (QED) is 0.643. The van der Waals surface area contributed by atoms with E-state index in [1.165, 1.54) is 11.7 Å². The van der Waals surface area contributed by atoms with Gasteiger partial charge in [0.25, 0.3) is 11.5 Å². The second-order valence-electron chi connectivity index (χ2n) is 6.30. The zero-order valence-electron chi connectivity index (χ0n) is 15.6. The Kier molecular flexibility index (Phi) is 5.69. The SMILES string of the molecule is Cc1cccc(OCC(=O)NNC(=O)Cc2nn(C)c(=O)c3ccccc23)c1. The first kappa shape index (κ1) is 19.1. The summed E-state index contributed by atoms with van der Waals surface area (Å²) in [6.45, 7) is 1.69. The van der Waals surface area contributed by atoms with Gasteiger partial charge in [0.15, 0.2) is 6.61 Å². The van der Waals surface area contributed by atoms with E-state index in [4.69, 9.17) is 4.74 Å². The maximum absolute atomic E-state index is 12.2. The van der Waals surface area contributed by atoms with Gasteiger partial charge in [-0.1, -0.05) is 30.3 Å². The van der Waals surface area contributed by atoms with Crippen LogP contribution >= 0.6 is 0 Å². The van der Waals surface area contributed by atoms with Crippen molar-refractivity contribution in [1.82, 2.24) is 20.6 Å². The fourth-order valence-electron chi connectivity index (χ4n) is 2.73. The van der Waals surface area contributed by atoms with E-state index in [1.807, 2.05) is 25.1 Å². The Morgan fingerprint density at radius 1 is 1.04 bits per heavy atom. The number of nitrogens with one attached hydrogen (secondary N) is 2. The number of amides is 2. The minimum Gasteiger partial charge on any atom is -0.484 e. The third-order valence-electron chi connectivity index (χ3n) is 4.06. The van der Waals surface area contributed by atoms with Crippen LogP contribution in [0.3, 0.4) is 0 Å². The van der Waals surface area contributed by atoms with Crippen LogP contribution in [-0.2, 0) is 23.1 Å². The summed E-state index contributed by atoms with van der Waals surface area (Å²) in [5, 5.41) is 5.25. The highest BCUT2D eigenvalue weighted by Gasteiger charge is 2.13. The molecule has 0 saturated carbocycles. The van der Waals surface area contributed by atoms with Crippen LogP contribution in [-0.4, -0.2) is 28.2 Å². The highest BCUT2D eigenvalue weighted by molar-refractivity contribution is 5.89. The summed E-state index contributed by atoms with van der Waals surface area (Å²) in [7, 11) is 1.53. The minimum atomic E-state index is -0.492. The highest BCUT2D eigenvalue weighted by atomic mass is 16.5. The van der Waals surface area contributed by atoms with Gasteiger partial charge in [-0.3, -0.25) is 25.2 Å². The fraction of sp³-hybridized carbons (Fsp3) is 0.200. The lowest BCUT2D eigenvalue weighted by Gasteiger charge is -2.10. The summed E-state index contributed by atoms with van der Waals surface area (Å²) < 4.78 is 6.57. The summed E-state index contributed by atoms with van der Waals surface area (Å²) in [5.41, 5.74) is 5.86. The molecule has 2 amide bonds. The first-order valence-electron chi connectivity index (χ1n) is 8.66. The number of aromatic nitrogens is 2. The Bertz CT molecular complexity index is 1090. The molecule has 0 atom stereocenters. The van der Waals surface area contributed by atoms with Gasteiger partial charge >= 0.3 is 0 Å². The van der Waals surface area contributed by atoms with Gasteiger partial charge < -0.3 is 4.74 Å². The van der Waals surface area contributed by atoms with Crippen LogP contribution in [0.4, 0.5) is 0 Å². The van der Waals surface area contributed by atoms with Gasteiger partial charge in [0.05, 0.1) is 17.5 Å². The number of aryl methyl sites for hydroxylation is 2. The summed E-state index contributed by atoms with van der Waals surface area (Å²) in [6, 6.07) is 14.2. The number of benzene rings is 2. The van der Waals surface area contributed by atoms with E-state index in [1.54, 1.807) is 30.3 Å². The molecule has 3 aromatic rings. The minimum absolute atomic E-state index is 0.0896. The molecule has 8 heteroatoms. The number of ether oxygens (including phenoxy) is 1. The van der Waals surface area contributed by atoms with Crippen molar-refractivity contribution in [3.05, 3.63) is 70.1 Å². The smallest absolute Gasteiger partial charge is 0.276 e. The molecular weight excluding hydrogens is 360 g/mol. The fourth-order valence-corrected chi connectivity index (χ4v) is 2.73. The molecule has 1 heterocycles. The van der Waals surface area contributed by atoms with Crippen LogP contribution in [0.15, 0.2) is 53.3 Å². The van der Waals surface area contributed by atoms with Gasteiger partial charge in [-0.25, -0.2) is 4.68 Å². The van der Waals surface area contributed by atoms with Crippen LogP contribution in [0.2, 0.25) is 0 Å². The molecule has 0 radical (unpaired) electrons. The zero-order chi connectivity index (χ0) is 20.1. The van der Waals surface area contributed by atoms with Gasteiger partial charge in [-0.2, -0.15) is 5.10 Å². The predicted molar refractivity (Wildman–Crippen MR) is 104 cm³/mol. The number of carbonyl (C=O) groups excluding carboxylic acids is 2. The van der Waals surface area contributed by atoms with E-state index in [9.17, 15) is 14.4 Å². The van der Waals surface area contributed by atoms with Crippen LogP contribution < -0.4 is 21.1 Å². The maximum atomic E-state index is 12.2. The van der Waals surface area contributed by atoms with Crippen LogP contribution in [0.25, 0.3) is 10.8 Å². The van der Waals surface area contributed by atoms with Crippen molar-refractivity contribution < 1.29 is 14.3 Å². The average molecular weight is 380 g/mol. The van der Waals surface area contributed by atoms with Crippen LogP contribution in [0.1, 0.15) is 11.3 Å². The number of nitrogens with zero attached hydrogens (tertiary/aromatic N) is 2. The number of carbonyl (C=O) groups is 2. The highest BCUT2D eigenvalue weighted by Crippen LogP contribution is 2.13. The van der Waals surface area contributed by atoms with E-state index in [0.29, 0.717) is 22.2 Å². The van der Waals surface area contributed by atoms with E-state index >= 15 is 0 Å². The summed E-state index contributed by atoms with van der Waals surface area (Å²) in [6.07, 6.45) is -0.0896. The maximum Gasteiger partial charge on any atom is 0.276 e. The van der Waals surface area contributed by atoms with Crippen molar-refractivity contribution in [2.75, 3.05) is 6.61 Å². The van der Waals surface area contributed by atoms with Crippen LogP contribution in [0.5, 0.6) is 5.75 Å². The molecule has 144 valence electrons. The Morgan fingerprint density at radius 2 is 1.75 bits per heavy atom. The Balaban J connectivity index is 1.57. The van der Waals surface area contributed by atoms with Crippen molar-refractivity contribution in [2.24, 2.45) is 7.05 Å². The van der Waals surface area contributed by atoms with Crippen molar-refractivity contribution in [3.8, 4) is 5.75 Å². The topological polar surface area (TPSA) is 102 Å². The molecule has 0 aliphatic carbocycles. The van der Waals surface area contributed by atoms with Crippen LogP contribution in [0, 0.1) is 6.92 Å². The Hall–Kier alpha value is -3.68. The Labute approximate surface area is 161 Å². The summed E-state index contributed by atoms with van der Waals surface area (Å²) in [4.78, 5) is 36.2. The molecule has 1 aromatic heterocycles. The monoisotopic (exact) mass is 380 g/mol. The lowest BCUT2D eigenvalue weighted by Crippen LogP contribution is -2.44. The van der Waals surface area contributed by atoms with Crippen molar-refractivity contribution in [3.63, 3.8) is 0 Å². The zero-order valence-corrected chi connectivity index (χ0v) is 15.6. The molecule has 0 bridgehead atoms. The second-order valence-corrected chi connectivity index (χ2v) is 6.30. The molecule has 28 heavy (non-hydrogen) atoms. The molecule has 2 N–H and O–H groups in total. The summed E-state index contributed by atoms with van der Waals surface area (Å²) >= 11 is 0. The van der Waals surface area contributed by atoms with Crippen molar-refractivity contribution in [1.29, 1.82) is 0 Å². The number of hydrogen-bond donors (Lipinski definition) is 2. The van der Waals surface area contributed by atoms with E-state index in [0.717, 1.165) is 5.56 Å². The molecule has 0 fully saturated rings. The molecular formula is C20H20N4O4. The molecule has 0 unspecified atom stereocenters. The van der Waals surface area contributed by atoms with Crippen molar-refractivity contribution >= 4 is 22.6 Å². The van der Waals surface area contributed by atoms with Gasteiger partial charge in [0, 0.05) is 12.4 Å². The van der Waals surface area contributed by atoms with Gasteiger partial charge in [0.2, 0.25) is 5.91 Å². The molecule has 0 aliphatic heterocycles. The first-order valence-corrected chi connectivity index (χ1v) is 8.66. The first-order chi connectivity index (χ1) is 13.4. The van der Waals surface area contributed by atoms with Gasteiger partial charge in [-0.15, -0.1) is 0 Å². The van der Waals surface area contributed by atoms with Crippen molar-refractivity contribution in [2.45, 2.75) is 13.3 Å². The number of fused-ring (bicyclic) bond motifs is 1. The van der Waals surface area contributed by atoms with E-state index in [2.05, 4.69) is 16.0 Å². The third kappa shape index (κ3) is 4.53. The largest absolute Gasteiger partial charge is 0.484 e.